The Labute approximate surface area is 217 Å². The standard InChI is InChI=1S/C26H33BN2O7S/c1-8-9-14-34-24(31)21-15-19-20(27-35-25(3,4)26(5,6)36-27)16-28(7)23(30)22(19)29(21)37(32,33)18-12-10-17(2)11-13-18/h10-13,15-16H,8-9,14H2,1-7H3. The van der Waals surface area contributed by atoms with Gasteiger partial charge < -0.3 is 18.6 Å². The fourth-order valence-corrected chi connectivity index (χ4v) is 5.66. The second-order valence-corrected chi connectivity index (χ2v) is 12.2. The zero-order valence-electron chi connectivity index (χ0n) is 22.3. The van der Waals surface area contributed by atoms with Crippen LogP contribution in [0.5, 0.6) is 0 Å². The number of hydrogen-bond acceptors (Lipinski definition) is 7. The number of hydrogen-bond donors (Lipinski definition) is 0. The zero-order chi connectivity index (χ0) is 27.3. The monoisotopic (exact) mass is 528 g/mol. The van der Waals surface area contributed by atoms with Gasteiger partial charge in [0.05, 0.1) is 22.7 Å². The minimum Gasteiger partial charge on any atom is -0.461 e. The number of aromatic nitrogens is 2. The summed E-state index contributed by atoms with van der Waals surface area (Å²) in [7, 11) is -3.72. The molecule has 0 bridgehead atoms. The van der Waals surface area contributed by atoms with Crippen LogP contribution in [0.25, 0.3) is 10.9 Å². The average Bonchev–Trinajstić information content (AvgIpc) is 3.32. The summed E-state index contributed by atoms with van der Waals surface area (Å²) in [5.41, 5.74) is -1.04. The number of benzene rings is 1. The smallest absolute Gasteiger partial charge is 0.461 e. The Morgan fingerprint density at radius 3 is 2.24 bits per heavy atom. The van der Waals surface area contributed by atoms with E-state index in [0.717, 1.165) is 16.0 Å². The Morgan fingerprint density at radius 1 is 1.08 bits per heavy atom. The molecule has 0 unspecified atom stereocenters. The highest BCUT2D eigenvalue weighted by Gasteiger charge is 2.52. The van der Waals surface area contributed by atoms with Crippen LogP contribution in [0.2, 0.25) is 0 Å². The summed E-state index contributed by atoms with van der Waals surface area (Å²) in [6.45, 7) is 11.5. The Balaban J connectivity index is 2.02. The molecule has 0 spiro atoms. The molecule has 0 amide bonds. The zero-order valence-corrected chi connectivity index (χ0v) is 23.1. The van der Waals surface area contributed by atoms with Crippen molar-refractivity contribution >= 4 is 39.5 Å². The molecule has 3 aromatic rings. The van der Waals surface area contributed by atoms with Gasteiger partial charge in [-0.2, -0.15) is 0 Å². The Morgan fingerprint density at radius 2 is 1.68 bits per heavy atom. The summed E-state index contributed by atoms with van der Waals surface area (Å²) in [6, 6.07) is 7.60. The fourth-order valence-electron chi connectivity index (χ4n) is 4.17. The molecule has 4 rings (SSSR count). The van der Waals surface area contributed by atoms with E-state index < -0.39 is 39.9 Å². The molecule has 9 nitrogen and oxygen atoms in total. The van der Waals surface area contributed by atoms with E-state index in [1.54, 1.807) is 18.3 Å². The number of unbranched alkanes of at least 4 members (excludes halogenated alkanes) is 1. The molecule has 198 valence electrons. The molecule has 2 aromatic heterocycles. The van der Waals surface area contributed by atoms with Gasteiger partial charge in [0.2, 0.25) is 0 Å². The van der Waals surface area contributed by atoms with Crippen molar-refractivity contribution in [2.45, 2.75) is 70.5 Å². The van der Waals surface area contributed by atoms with Crippen LogP contribution in [-0.2, 0) is 31.1 Å². The van der Waals surface area contributed by atoms with Crippen LogP contribution in [0.4, 0.5) is 0 Å². The maximum Gasteiger partial charge on any atom is 0.497 e. The molecule has 1 saturated heterocycles. The number of ether oxygens (including phenoxy) is 1. The van der Waals surface area contributed by atoms with Crippen molar-refractivity contribution < 1.29 is 27.3 Å². The highest BCUT2D eigenvalue weighted by Crippen LogP contribution is 2.37. The van der Waals surface area contributed by atoms with Gasteiger partial charge in [0.1, 0.15) is 11.2 Å². The third-order valence-corrected chi connectivity index (χ3v) is 8.86. The molecular formula is C26H33BN2O7S. The SMILES string of the molecule is CCCCOC(=O)c1cc2c(B3OC(C)(C)C(C)(C)O3)cn(C)c(=O)c2n1S(=O)(=O)c1ccc(C)cc1. The summed E-state index contributed by atoms with van der Waals surface area (Å²) >= 11 is 0. The number of aryl methyl sites for hydroxylation is 2. The maximum atomic E-state index is 13.9. The minimum atomic E-state index is -4.35. The molecule has 0 atom stereocenters. The fraction of sp³-hybridized carbons (Fsp3) is 0.462. The van der Waals surface area contributed by atoms with E-state index >= 15 is 0 Å². The largest absolute Gasteiger partial charge is 0.497 e. The first-order chi connectivity index (χ1) is 17.2. The first kappa shape index (κ1) is 27.2. The first-order valence-electron chi connectivity index (χ1n) is 12.3. The summed E-state index contributed by atoms with van der Waals surface area (Å²) in [5.74, 6) is -0.831. The molecule has 1 fully saturated rings. The second kappa shape index (κ2) is 9.45. The molecule has 37 heavy (non-hydrogen) atoms. The molecule has 0 aliphatic carbocycles. The van der Waals surface area contributed by atoms with Gasteiger partial charge >= 0.3 is 13.1 Å². The molecular weight excluding hydrogens is 495 g/mol. The maximum absolute atomic E-state index is 13.9. The van der Waals surface area contributed by atoms with Crippen LogP contribution in [0.15, 0.2) is 46.2 Å². The average molecular weight is 528 g/mol. The molecule has 1 aliphatic heterocycles. The number of carbonyl (C=O) groups excluding carboxylic acids is 1. The minimum absolute atomic E-state index is 0.0544. The summed E-state index contributed by atoms with van der Waals surface area (Å²) < 4.78 is 47.7. The van der Waals surface area contributed by atoms with Crippen LogP contribution in [0.3, 0.4) is 0 Å². The highest BCUT2D eigenvalue weighted by molar-refractivity contribution is 7.90. The van der Waals surface area contributed by atoms with Crippen molar-refractivity contribution in [2.75, 3.05) is 6.61 Å². The lowest BCUT2D eigenvalue weighted by Gasteiger charge is -2.32. The van der Waals surface area contributed by atoms with Crippen molar-refractivity contribution in [1.29, 1.82) is 0 Å². The van der Waals surface area contributed by atoms with Crippen LogP contribution < -0.4 is 11.0 Å². The lowest BCUT2D eigenvalue weighted by atomic mass is 9.78. The summed E-state index contributed by atoms with van der Waals surface area (Å²) in [4.78, 5) is 26.6. The molecule has 0 N–H and O–H groups in total. The van der Waals surface area contributed by atoms with Crippen molar-refractivity contribution in [3.8, 4) is 0 Å². The predicted molar refractivity (Wildman–Crippen MR) is 142 cm³/mol. The van der Waals surface area contributed by atoms with Gasteiger partial charge in [-0.15, -0.1) is 0 Å². The summed E-state index contributed by atoms with van der Waals surface area (Å²) in [6.07, 6.45) is 2.98. The van der Waals surface area contributed by atoms with E-state index in [2.05, 4.69) is 0 Å². The van der Waals surface area contributed by atoms with Crippen molar-refractivity contribution in [1.82, 2.24) is 8.54 Å². The van der Waals surface area contributed by atoms with Crippen molar-refractivity contribution in [3.05, 3.63) is 58.1 Å². The van der Waals surface area contributed by atoms with Crippen LogP contribution in [0.1, 0.15) is 63.5 Å². The third-order valence-electron chi connectivity index (χ3n) is 7.13. The molecule has 11 heteroatoms. The number of esters is 1. The van der Waals surface area contributed by atoms with Crippen LogP contribution in [-0.4, -0.2) is 47.9 Å². The van der Waals surface area contributed by atoms with Gasteiger partial charge in [0.25, 0.3) is 15.6 Å². The normalized spacial score (nSPS) is 16.9. The second-order valence-electron chi connectivity index (χ2n) is 10.5. The van der Waals surface area contributed by atoms with Gasteiger partial charge in [-0.25, -0.2) is 17.2 Å². The quantitative estimate of drug-likeness (QED) is 0.264. The summed E-state index contributed by atoms with van der Waals surface area (Å²) in [5, 5.41) is 0.250. The molecule has 1 aliphatic rings. The number of rotatable bonds is 7. The number of carbonyl (C=O) groups is 1. The molecule has 0 radical (unpaired) electrons. The Hall–Kier alpha value is -2.89. The molecule has 3 heterocycles. The van der Waals surface area contributed by atoms with E-state index in [9.17, 15) is 18.0 Å². The molecule has 1 aromatic carbocycles. The predicted octanol–water partition coefficient (Wildman–Crippen LogP) is 3.14. The van der Waals surface area contributed by atoms with Crippen LogP contribution >= 0.6 is 0 Å². The Bertz CT molecular complexity index is 1500. The van der Waals surface area contributed by atoms with Gasteiger partial charge in [0, 0.05) is 24.1 Å². The van der Waals surface area contributed by atoms with Gasteiger partial charge in [-0.1, -0.05) is 31.0 Å². The lowest BCUT2D eigenvalue weighted by molar-refractivity contribution is 0.00578. The van der Waals surface area contributed by atoms with E-state index in [4.69, 9.17) is 14.0 Å². The van der Waals surface area contributed by atoms with E-state index in [1.807, 2.05) is 41.5 Å². The lowest BCUT2D eigenvalue weighted by Crippen LogP contribution is -2.41. The van der Waals surface area contributed by atoms with E-state index in [-0.39, 0.29) is 28.1 Å². The topological polar surface area (TPSA) is 106 Å². The van der Waals surface area contributed by atoms with E-state index in [0.29, 0.717) is 11.9 Å². The number of fused-ring (bicyclic) bond motifs is 1. The van der Waals surface area contributed by atoms with E-state index in [1.165, 1.54) is 29.8 Å². The van der Waals surface area contributed by atoms with Crippen molar-refractivity contribution in [3.63, 3.8) is 0 Å². The number of nitrogens with zero attached hydrogens (tertiary/aromatic N) is 2. The third kappa shape index (κ3) is 4.64. The molecule has 0 saturated carbocycles. The van der Waals surface area contributed by atoms with Gasteiger partial charge in [-0.05, 0) is 59.2 Å². The first-order valence-corrected chi connectivity index (χ1v) is 13.8. The van der Waals surface area contributed by atoms with Gasteiger partial charge in [-0.3, -0.25) is 4.79 Å². The Kier molecular flexibility index (Phi) is 6.94. The van der Waals surface area contributed by atoms with Crippen LogP contribution in [0, 0.1) is 6.92 Å². The number of pyridine rings is 1. The highest BCUT2D eigenvalue weighted by atomic mass is 32.2. The van der Waals surface area contributed by atoms with Crippen molar-refractivity contribution in [2.24, 2.45) is 7.05 Å². The van der Waals surface area contributed by atoms with Gasteiger partial charge in [0.15, 0.2) is 0 Å².